The topological polar surface area (TPSA) is 37.0 Å². The van der Waals surface area contributed by atoms with Crippen molar-refractivity contribution in [1.82, 2.24) is 4.98 Å². The van der Waals surface area contributed by atoms with Crippen LogP contribution in [0.1, 0.15) is 5.56 Å². The number of anilines is 2. The van der Waals surface area contributed by atoms with Gasteiger partial charge in [0, 0.05) is 16.4 Å². The van der Waals surface area contributed by atoms with Crippen LogP contribution in [-0.4, -0.2) is 10.1 Å². The Hall–Kier alpha value is -1.46. The minimum Gasteiger partial charge on any atom is -0.332 e. The highest BCUT2D eigenvalue weighted by molar-refractivity contribution is 9.10. The van der Waals surface area contributed by atoms with E-state index >= 15 is 0 Å². The molecule has 2 N–H and O–H groups in total. The van der Waals surface area contributed by atoms with Gasteiger partial charge in [-0.05, 0) is 55.0 Å². The van der Waals surface area contributed by atoms with E-state index in [0.717, 1.165) is 21.5 Å². The second kappa shape index (κ2) is 5.93. The molecular weight excluding hydrogens is 310 g/mol. The molecule has 18 heavy (non-hydrogen) atoms. The predicted molar refractivity (Wildman–Crippen MR) is 83.0 cm³/mol. The Kier molecular flexibility index (Phi) is 4.28. The standard InChI is InChI=1S/C13H12BrN3S/c1-9-5-6-15-12(7-9)17-13(18)16-11-4-2-3-10(14)8-11/h2-8H,1H3,(H2,15,16,17,18). The lowest BCUT2D eigenvalue weighted by atomic mass is 10.3. The largest absolute Gasteiger partial charge is 0.332 e. The minimum absolute atomic E-state index is 0.520. The van der Waals surface area contributed by atoms with Crippen LogP contribution in [0.25, 0.3) is 0 Å². The van der Waals surface area contributed by atoms with Crippen LogP contribution < -0.4 is 10.6 Å². The fraction of sp³-hybridized carbons (Fsp3) is 0.0769. The van der Waals surface area contributed by atoms with E-state index < -0.39 is 0 Å². The van der Waals surface area contributed by atoms with Gasteiger partial charge in [-0.2, -0.15) is 0 Å². The lowest BCUT2D eigenvalue weighted by Crippen LogP contribution is -2.19. The van der Waals surface area contributed by atoms with E-state index in [-0.39, 0.29) is 0 Å². The summed E-state index contributed by atoms with van der Waals surface area (Å²) in [6, 6.07) is 11.7. The second-order valence-corrected chi connectivity index (χ2v) is 5.13. The zero-order chi connectivity index (χ0) is 13.0. The molecule has 3 nitrogen and oxygen atoms in total. The van der Waals surface area contributed by atoms with E-state index in [1.54, 1.807) is 6.20 Å². The van der Waals surface area contributed by atoms with E-state index in [1.165, 1.54) is 0 Å². The van der Waals surface area contributed by atoms with Gasteiger partial charge in [-0.15, -0.1) is 0 Å². The van der Waals surface area contributed by atoms with Crippen LogP contribution in [0.5, 0.6) is 0 Å². The molecule has 2 rings (SSSR count). The number of benzene rings is 1. The van der Waals surface area contributed by atoms with E-state index in [9.17, 15) is 0 Å². The lowest BCUT2D eigenvalue weighted by Gasteiger charge is -2.10. The van der Waals surface area contributed by atoms with Crippen molar-refractivity contribution in [2.75, 3.05) is 10.6 Å². The third kappa shape index (κ3) is 3.78. The van der Waals surface area contributed by atoms with Gasteiger partial charge in [0.15, 0.2) is 5.11 Å². The van der Waals surface area contributed by atoms with E-state index in [2.05, 4.69) is 31.5 Å². The van der Waals surface area contributed by atoms with Crippen LogP contribution in [0.2, 0.25) is 0 Å². The molecule has 0 aliphatic carbocycles. The van der Waals surface area contributed by atoms with Gasteiger partial charge in [0.2, 0.25) is 0 Å². The maximum Gasteiger partial charge on any atom is 0.176 e. The minimum atomic E-state index is 0.520. The van der Waals surface area contributed by atoms with Crippen LogP contribution in [0.4, 0.5) is 11.5 Å². The Balaban J connectivity index is 2.01. The molecule has 2 aromatic rings. The summed E-state index contributed by atoms with van der Waals surface area (Å²) in [6.07, 6.45) is 1.75. The van der Waals surface area contributed by atoms with Crippen molar-refractivity contribution in [3.05, 3.63) is 52.6 Å². The number of hydrogen-bond acceptors (Lipinski definition) is 2. The molecule has 1 heterocycles. The molecule has 0 aliphatic heterocycles. The summed E-state index contributed by atoms with van der Waals surface area (Å²) in [4.78, 5) is 4.19. The summed E-state index contributed by atoms with van der Waals surface area (Å²) in [5.74, 6) is 0.738. The first-order valence-electron chi connectivity index (χ1n) is 5.40. The normalized spacial score (nSPS) is 9.89. The third-order valence-electron chi connectivity index (χ3n) is 2.24. The van der Waals surface area contributed by atoms with Crippen molar-refractivity contribution in [2.45, 2.75) is 6.92 Å². The number of pyridine rings is 1. The molecule has 0 radical (unpaired) electrons. The van der Waals surface area contributed by atoms with Crippen LogP contribution in [0.3, 0.4) is 0 Å². The van der Waals surface area contributed by atoms with Crippen LogP contribution in [-0.2, 0) is 0 Å². The number of aryl methyl sites for hydroxylation is 1. The van der Waals surface area contributed by atoms with Gasteiger partial charge >= 0.3 is 0 Å². The molecule has 0 amide bonds. The maximum atomic E-state index is 5.23. The Morgan fingerprint density at radius 1 is 1.22 bits per heavy atom. The molecule has 5 heteroatoms. The maximum absolute atomic E-state index is 5.23. The number of thiocarbonyl (C=S) groups is 1. The molecular formula is C13H12BrN3S. The van der Waals surface area contributed by atoms with Gasteiger partial charge in [-0.1, -0.05) is 22.0 Å². The van der Waals surface area contributed by atoms with Crippen molar-refractivity contribution in [2.24, 2.45) is 0 Å². The Morgan fingerprint density at radius 2 is 2.06 bits per heavy atom. The van der Waals surface area contributed by atoms with Gasteiger partial charge in [0.25, 0.3) is 0 Å². The van der Waals surface area contributed by atoms with Gasteiger partial charge in [0.1, 0.15) is 5.82 Å². The average molecular weight is 322 g/mol. The summed E-state index contributed by atoms with van der Waals surface area (Å²) < 4.78 is 1.00. The highest BCUT2D eigenvalue weighted by atomic mass is 79.9. The fourth-order valence-electron chi connectivity index (χ4n) is 1.45. The molecule has 1 aromatic carbocycles. The molecule has 0 fully saturated rings. The van der Waals surface area contributed by atoms with Crippen LogP contribution in [0, 0.1) is 6.92 Å². The van der Waals surface area contributed by atoms with Gasteiger partial charge in [-0.3, -0.25) is 0 Å². The van der Waals surface area contributed by atoms with E-state index in [1.807, 2.05) is 43.3 Å². The molecule has 1 aromatic heterocycles. The predicted octanol–water partition coefficient (Wildman–Crippen LogP) is 3.96. The van der Waals surface area contributed by atoms with Crippen molar-refractivity contribution in [3.63, 3.8) is 0 Å². The molecule has 0 spiro atoms. The number of rotatable bonds is 2. The van der Waals surface area contributed by atoms with Crippen molar-refractivity contribution < 1.29 is 0 Å². The zero-order valence-electron chi connectivity index (χ0n) is 9.77. The first kappa shape index (κ1) is 13.0. The SMILES string of the molecule is Cc1ccnc(NC(=S)Nc2cccc(Br)c2)c1. The quantitative estimate of drug-likeness (QED) is 0.821. The van der Waals surface area contributed by atoms with Crippen LogP contribution >= 0.6 is 28.1 Å². The Labute approximate surface area is 120 Å². The van der Waals surface area contributed by atoms with E-state index in [0.29, 0.717) is 5.11 Å². The molecule has 0 atom stereocenters. The zero-order valence-corrected chi connectivity index (χ0v) is 12.2. The average Bonchev–Trinajstić information content (AvgIpc) is 2.28. The molecule has 0 saturated carbocycles. The Morgan fingerprint density at radius 3 is 2.78 bits per heavy atom. The van der Waals surface area contributed by atoms with Gasteiger partial charge in [0.05, 0.1) is 0 Å². The van der Waals surface area contributed by atoms with E-state index in [4.69, 9.17) is 12.2 Å². The van der Waals surface area contributed by atoms with Crippen molar-refractivity contribution in [1.29, 1.82) is 0 Å². The number of aromatic nitrogens is 1. The monoisotopic (exact) mass is 321 g/mol. The highest BCUT2D eigenvalue weighted by Crippen LogP contribution is 2.16. The van der Waals surface area contributed by atoms with Gasteiger partial charge < -0.3 is 10.6 Å². The highest BCUT2D eigenvalue weighted by Gasteiger charge is 2.00. The van der Waals surface area contributed by atoms with Crippen molar-refractivity contribution in [3.8, 4) is 0 Å². The van der Waals surface area contributed by atoms with Gasteiger partial charge in [-0.25, -0.2) is 4.98 Å². The summed E-state index contributed by atoms with van der Waals surface area (Å²) in [7, 11) is 0. The first-order valence-corrected chi connectivity index (χ1v) is 6.60. The number of nitrogens with zero attached hydrogens (tertiary/aromatic N) is 1. The summed E-state index contributed by atoms with van der Waals surface area (Å²) in [5, 5.41) is 6.67. The summed E-state index contributed by atoms with van der Waals surface area (Å²) >= 11 is 8.64. The lowest BCUT2D eigenvalue weighted by molar-refractivity contribution is 1.28. The molecule has 0 saturated heterocycles. The number of nitrogens with one attached hydrogen (secondary N) is 2. The smallest absolute Gasteiger partial charge is 0.176 e. The molecule has 0 aliphatic rings. The number of hydrogen-bond donors (Lipinski definition) is 2. The summed E-state index contributed by atoms with van der Waals surface area (Å²) in [6.45, 7) is 2.01. The Bertz CT molecular complexity index is 522. The third-order valence-corrected chi connectivity index (χ3v) is 2.94. The first-order chi connectivity index (χ1) is 8.63. The number of halogens is 1. The summed E-state index contributed by atoms with van der Waals surface area (Å²) in [5.41, 5.74) is 2.06. The second-order valence-electron chi connectivity index (χ2n) is 3.81. The molecule has 0 bridgehead atoms. The molecule has 0 unspecified atom stereocenters. The fourth-order valence-corrected chi connectivity index (χ4v) is 2.07. The van der Waals surface area contributed by atoms with Crippen LogP contribution in [0.15, 0.2) is 47.1 Å². The van der Waals surface area contributed by atoms with Crippen molar-refractivity contribution >= 4 is 44.8 Å². The molecule has 92 valence electrons.